The van der Waals surface area contributed by atoms with Crippen LogP contribution >= 0.6 is 0 Å². The molecule has 0 aliphatic rings. The average Bonchev–Trinajstić information content (AvgIpc) is 1.90. The van der Waals surface area contributed by atoms with E-state index in [-0.39, 0.29) is 0 Å². The van der Waals surface area contributed by atoms with Crippen molar-refractivity contribution in [1.82, 2.24) is 4.98 Å². The van der Waals surface area contributed by atoms with Crippen LogP contribution in [0.3, 0.4) is 0 Å². The number of aromatic nitrogens is 2. The molecule has 36 valence electrons. The highest BCUT2D eigenvalue weighted by Gasteiger charge is 1.92. The van der Waals surface area contributed by atoms with Gasteiger partial charge in [0.25, 0.3) is 5.69 Å². The standard InChI is InChI=1S/C5H2N3/c6-3-5-1-2-7-4-8-5/h1,4H/q+1. The summed E-state index contributed by atoms with van der Waals surface area (Å²) in [5.41, 5.74) is 0.347. The predicted molar refractivity (Wildman–Crippen MR) is 23.4 cm³/mol. The molecule has 0 aliphatic carbocycles. The van der Waals surface area contributed by atoms with E-state index in [2.05, 4.69) is 16.2 Å². The molecule has 0 fully saturated rings. The molecule has 0 radical (unpaired) electrons. The van der Waals surface area contributed by atoms with Gasteiger partial charge in [-0.2, -0.15) is 10.2 Å². The Morgan fingerprint density at radius 1 is 1.88 bits per heavy atom. The molecule has 0 aliphatic heterocycles. The van der Waals surface area contributed by atoms with Gasteiger partial charge in [0.2, 0.25) is 0 Å². The lowest BCUT2D eigenvalue weighted by molar-refractivity contribution is -0.299. The van der Waals surface area contributed by atoms with Gasteiger partial charge in [0.1, 0.15) is 12.1 Å². The summed E-state index contributed by atoms with van der Waals surface area (Å²) in [5, 5.41) is 8.18. The summed E-state index contributed by atoms with van der Waals surface area (Å²) in [6.07, 6.45) is 3.77. The summed E-state index contributed by atoms with van der Waals surface area (Å²) in [5.74, 6) is 0. The molecule has 1 aromatic heterocycles. The van der Waals surface area contributed by atoms with Crippen LogP contribution in [0.15, 0.2) is 12.4 Å². The van der Waals surface area contributed by atoms with Gasteiger partial charge in [0, 0.05) is 0 Å². The van der Waals surface area contributed by atoms with Crippen LogP contribution in [0.1, 0.15) is 5.69 Å². The summed E-state index contributed by atoms with van der Waals surface area (Å²) in [6, 6.07) is 3.28. The zero-order valence-electron chi connectivity index (χ0n) is 4.00. The van der Waals surface area contributed by atoms with Crippen molar-refractivity contribution >= 4 is 0 Å². The van der Waals surface area contributed by atoms with Crippen molar-refractivity contribution in [2.75, 3.05) is 0 Å². The molecule has 0 saturated heterocycles. The van der Waals surface area contributed by atoms with E-state index in [0.717, 1.165) is 0 Å². The van der Waals surface area contributed by atoms with Crippen LogP contribution in [0, 0.1) is 17.5 Å². The molecular weight excluding hydrogens is 102 g/mol. The molecule has 0 saturated carbocycles. The lowest BCUT2D eigenvalue weighted by Gasteiger charge is -1.60. The molecule has 0 aromatic carbocycles. The second-order valence-electron chi connectivity index (χ2n) is 1.14. The molecule has 3 nitrogen and oxygen atoms in total. The zero-order valence-corrected chi connectivity index (χ0v) is 4.00. The van der Waals surface area contributed by atoms with Crippen molar-refractivity contribution in [3.8, 4) is 6.07 Å². The van der Waals surface area contributed by atoms with E-state index in [1.165, 1.54) is 12.4 Å². The van der Waals surface area contributed by atoms with Crippen molar-refractivity contribution in [2.24, 2.45) is 0 Å². The minimum absolute atomic E-state index is 0.347. The first kappa shape index (κ1) is 4.55. The average molecular weight is 104 g/mol. The highest BCUT2D eigenvalue weighted by atomic mass is 14.8. The van der Waals surface area contributed by atoms with E-state index in [9.17, 15) is 0 Å². The maximum atomic E-state index is 8.18. The monoisotopic (exact) mass is 104 g/mol. The Balaban J connectivity index is 3.05. The smallest absolute Gasteiger partial charge is 0.188 e. The molecule has 0 amide bonds. The summed E-state index contributed by atoms with van der Waals surface area (Å²) in [6.45, 7) is 0. The van der Waals surface area contributed by atoms with Crippen molar-refractivity contribution in [1.29, 1.82) is 5.26 Å². The van der Waals surface area contributed by atoms with E-state index in [1.807, 2.05) is 6.07 Å². The van der Waals surface area contributed by atoms with Gasteiger partial charge in [-0.25, -0.2) is 0 Å². The van der Waals surface area contributed by atoms with Crippen molar-refractivity contribution in [2.45, 2.75) is 0 Å². The van der Waals surface area contributed by atoms with E-state index >= 15 is 0 Å². The van der Waals surface area contributed by atoms with Crippen molar-refractivity contribution < 1.29 is 4.98 Å². The lowest BCUT2D eigenvalue weighted by Crippen LogP contribution is -1.91. The topological polar surface area (TPSA) is 50.8 Å². The number of hydrogen-bond acceptors (Lipinski definition) is 2. The van der Waals surface area contributed by atoms with Gasteiger partial charge in [0.15, 0.2) is 6.20 Å². The SMILES string of the molecule is N#Cc1cc#[n+]cn1. The first-order valence-corrected chi connectivity index (χ1v) is 2.01. The summed E-state index contributed by atoms with van der Waals surface area (Å²) in [4.78, 5) is 7.10. The van der Waals surface area contributed by atoms with E-state index in [1.54, 1.807) is 0 Å². The molecule has 1 rings (SSSR count). The number of nitriles is 1. The molecule has 0 N–H and O–H groups in total. The Hall–Kier alpha value is -1.61. The van der Waals surface area contributed by atoms with Crippen LogP contribution in [0.4, 0.5) is 0 Å². The zero-order chi connectivity index (χ0) is 5.82. The maximum Gasteiger partial charge on any atom is 0.391 e. The molecule has 0 spiro atoms. The Morgan fingerprint density at radius 2 is 2.75 bits per heavy atom. The Bertz CT molecular complexity index is 199. The first-order valence-electron chi connectivity index (χ1n) is 2.01. The molecule has 3 heteroatoms. The summed E-state index contributed by atoms with van der Waals surface area (Å²) in [7, 11) is 0. The van der Waals surface area contributed by atoms with Gasteiger partial charge < -0.3 is 0 Å². The fourth-order valence-corrected chi connectivity index (χ4v) is 0.321. The third-order valence-corrected chi connectivity index (χ3v) is 0.645. The van der Waals surface area contributed by atoms with E-state index in [0.29, 0.717) is 5.69 Å². The Labute approximate surface area is 46.6 Å². The number of hydrogen-bond donors (Lipinski definition) is 0. The molecule has 1 aromatic rings. The largest absolute Gasteiger partial charge is 0.391 e. The van der Waals surface area contributed by atoms with E-state index < -0.39 is 0 Å². The highest BCUT2D eigenvalue weighted by Crippen LogP contribution is 1.78. The van der Waals surface area contributed by atoms with Gasteiger partial charge in [-0.1, -0.05) is 0 Å². The van der Waals surface area contributed by atoms with Gasteiger partial charge >= 0.3 is 6.33 Å². The highest BCUT2D eigenvalue weighted by molar-refractivity contribution is 5.13. The Morgan fingerprint density at radius 3 is 3.12 bits per heavy atom. The third-order valence-electron chi connectivity index (χ3n) is 0.645. The van der Waals surface area contributed by atoms with Crippen molar-refractivity contribution in [3.05, 3.63) is 24.3 Å². The molecule has 0 bridgehead atoms. The van der Waals surface area contributed by atoms with Crippen LogP contribution in [0.5, 0.6) is 0 Å². The number of nitrogens with zero attached hydrogens (tertiary/aromatic N) is 3. The van der Waals surface area contributed by atoms with Gasteiger partial charge in [-0.05, 0) is 4.98 Å². The molecule has 8 heavy (non-hydrogen) atoms. The second-order valence-corrected chi connectivity index (χ2v) is 1.14. The quantitative estimate of drug-likeness (QED) is 0.439. The fourth-order valence-electron chi connectivity index (χ4n) is 0.321. The van der Waals surface area contributed by atoms with Gasteiger partial charge in [-0.3, -0.25) is 0 Å². The molecule has 1 heterocycles. The third kappa shape index (κ3) is 0.717. The molecule has 0 atom stereocenters. The molecular formula is C5H2N3+. The van der Waals surface area contributed by atoms with Crippen LogP contribution in [-0.2, 0) is 0 Å². The maximum absolute atomic E-state index is 8.18. The van der Waals surface area contributed by atoms with Crippen LogP contribution in [0.25, 0.3) is 0 Å². The predicted octanol–water partition coefficient (Wildman–Crippen LogP) is -0.647. The van der Waals surface area contributed by atoms with E-state index in [4.69, 9.17) is 5.26 Å². The fraction of sp³-hybridized carbons (Fsp3) is 0. The van der Waals surface area contributed by atoms with Gasteiger partial charge in [-0.15, -0.1) is 0 Å². The van der Waals surface area contributed by atoms with Crippen molar-refractivity contribution in [3.63, 3.8) is 0 Å². The minimum Gasteiger partial charge on any atom is -0.188 e. The molecule has 0 unspecified atom stereocenters. The van der Waals surface area contributed by atoms with Crippen LogP contribution < -0.4 is 4.98 Å². The second kappa shape index (κ2) is 1.90. The summed E-state index contributed by atoms with van der Waals surface area (Å²) < 4.78 is 0. The normalized spacial score (nSPS) is 6.88. The van der Waals surface area contributed by atoms with Crippen LogP contribution in [-0.4, -0.2) is 4.98 Å². The summed E-state index contributed by atoms with van der Waals surface area (Å²) >= 11 is 0. The van der Waals surface area contributed by atoms with Crippen LogP contribution in [0.2, 0.25) is 0 Å². The Kier molecular flexibility index (Phi) is 1.08. The first-order chi connectivity index (χ1) is 3.93. The lowest BCUT2D eigenvalue weighted by atomic mass is 10.5. The minimum atomic E-state index is 0.347. The van der Waals surface area contributed by atoms with Gasteiger partial charge in [0.05, 0.1) is 0 Å². The number of rotatable bonds is 0.